The number of carbonyl (C=O) groups excluding carboxylic acids is 1. The van der Waals surface area contributed by atoms with Gasteiger partial charge in [0.15, 0.2) is 0 Å². The summed E-state index contributed by atoms with van der Waals surface area (Å²) in [6.07, 6.45) is -3.91. The number of rotatable bonds is 3. The van der Waals surface area contributed by atoms with Crippen LogP contribution >= 0.6 is 39.1 Å². The minimum Gasteiger partial charge on any atom is -0.465 e. The van der Waals surface area contributed by atoms with Gasteiger partial charge in [-0.05, 0) is 52.3 Å². The third-order valence-electron chi connectivity index (χ3n) is 4.07. The van der Waals surface area contributed by atoms with Gasteiger partial charge in [-0.3, -0.25) is 10.3 Å². The van der Waals surface area contributed by atoms with Crippen molar-refractivity contribution >= 4 is 50.8 Å². The van der Waals surface area contributed by atoms with Gasteiger partial charge in [-0.2, -0.15) is 13.2 Å². The Bertz CT molecular complexity index is 961. The molecule has 148 valence electrons. The van der Waals surface area contributed by atoms with E-state index in [4.69, 9.17) is 28.0 Å². The Morgan fingerprint density at radius 2 is 1.82 bits per heavy atom. The van der Waals surface area contributed by atoms with Crippen molar-refractivity contribution in [1.82, 2.24) is 5.48 Å². The van der Waals surface area contributed by atoms with Crippen LogP contribution in [0, 0.1) is 0 Å². The first-order valence-corrected chi connectivity index (χ1v) is 9.21. The molecule has 1 aliphatic heterocycles. The molecule has 2 aromatic carbocycles. The van der Waals surface area contributed by atoms with E-state index in [1.165, 1.54) is 31.4 Å². The van der Waals surface area contributed by atoms with E-state index in [2.05, 4.69) is 26.1 Å². The molecule has 28 heavy (non-hydrogen) atoms. The number of nitrogens with one attached hydrogen (secondary N) is 1. The monoisotopic (exact) mass is 495 g/mol. The first-order chi connectivity index (χ1) is 13.1. The Morgan fingerprint density at radius 3 is 2.36 bits per heavy atom. The second kappa shape index (κ2) is 7.59. The molecule has 0 radical (unpaired) electrons. The van der Waals surface area contributed by atoms with Gasteiger partial charge in [-0.15, -0.1) is 0 Å². The molecule has 2 aromatic rings. The number of hydrogen-bond donors (Lipinski definition) is 1. The lowest BCUT2D eigenvalue weighted by atomic mass is 9.91. The van der Waals surface area contributed by atoms with E-state index in [1.54, 1.807) is 0 Å². The minimum atomic E-state index is -4.81. The van der Waals surface area contributed by atoms with Crippen LogP contribution in [0.4, 0.5) is 13.2 Å². The highest BCUT2D eigenvalue weighted by Gasteiger charge is 2.59. The lowest BCUT2D eigenvalue weighted by Gasteiger charge is -2.28. The zero-order valence-corrected chi connectivity index (χ0v) is 17.1. The molecule has 4 nitrogen and oxygen atoms in total. The highest BCUT2D eigenvalue weighted by Crippen LogP contribution is 2.48. The van der Waals surface area contributed by atoms with E-state index >= 15 is 0 Å². The Kier molecular flexibility index (Phi) is 5.69. The molecule has 1 aliphatic rings. The van der Waals surface area contributed by atoms with Crippen LogP contribution in [-0.4, -0.2) is 19.3 Å². The molecule has 0 amide bonds. The molecule has 1 N–H and O–H groups in total. The summed E-state index contributed by atoms with van der Waals surface area (Å²) in [6, 6.07) is 7.98. The van der Waals surface area contributed by atoms with Crippen LogP contribution in [0.25, 0.3) is 5.70 Å². The molecular weight excluding hydrogens is 486 g/mol. The summed E-state index contributed by atoms with van der Waals surface area (Å²) in [5, 5.41) is 0.0866. The third kappa shape index (κ3) is 3.74. The Morgan fingerprint density at radius 1 is 1.18 bits per heavy atom. The summed E-state index contributed by atoms with van der Waals surface area (Å²) >= 11 is 15.0. The van der Waals surface area contributed by atoms with Gasteiger partial charge in [-0.1, -0.05) is 29.3 Å². The van der Waals surface area contributed by atoms with Gasteiger partial charge in [0.05, 0.1) is 18.4 Å². The molecule has 0 aliphatic carbocycles. The zero-order valence-electron chi connectivity index (χ0n) is 14.0. The van der Waals surface area contributed by atoms with E-state index in [9.17, 15) is 18.0 Å². The van der Waals surface area contributed by atoms with Gasteiger partial charge < -0.3 is 4.74 Å². The van der Waals surface area contributed by atoms with Crippen LogP contribution in [-0.2, 0) is 15.2 Å². The van der Waals surface area contributed by atoms with Crippen molar-refractivity contribution in [2.75, 3.05) is 7.11 Å². The van der Waals surface area contributed by atoms with Crippen molar-refractivity contribution in [2.45, 2.75) is 11.8 Å². The van der Waals surface area contributed by atoms with Crippen LogP contribution in [0.15, 0.2) is 46.9 Å². The highest BCUT2D eigenvalue weighted by molar-refractivity contribution is 9.10. The van der Waals surface area contributed by atoms with Crippen molar-refractivity contribution in [3.05, 3.63) is 73.7 Å². The number of hydroxylamine groups is 1. The van der Waals surface area contributed by atoms with Crippen molar-refractivity contribution in [1.29, 1.82) is 0 Å². The maximum atomic E-state index is 14.0. The summed E-state index contributed by atoms with van der Waals surface area (Å²) in [6.45, 7) is 0. The number of methoxy groups -OCH3 is 1. The average Bonchev–Trinajstić information content (AvgIpc) is 3.07. The molecule has 1 unspecified atom stereocenters. The van der Waals surface area contributed by atoms with Crippen LogP contribution < -0.4 is 5.48 Å². The maximum Gasteiger partial charge on any atom is 0.428 e. The van der Waals surface area contributed by atoms with Crippen molar-refractivity contribution < 1.29 is 27.5 Å². The lowest BCUT2D eigenvalue weighted by molar-refractivity contribution is -0.269. The Labute approximate surface area is 176 Å². The molecule has 3 rings (SSSR count). The first kappa shape index (κ1) is 21.0. The molecule has 0 bridgehead atoms. The quantitative estimate of drug-likeness (QED) is 0.539. The number of benzene rings is 2. The van der Waals surface area contributed by atoms with Crippen LogP contribution in [0.1, 0.15) is 21.5 Å². The Hall–Kier alpha value is -1.74. The fraction of sp³-hybridized carbons (Fsp3) is 0.167. The molecular formula is C18H11BrCl2F3NO3. The summed E-state index contributed by atoms with van der Waals surface area (Å²) < 4.78 is 46.9. The van der Waals surface area contributed by atoms with Crippen molar-refractivity contribution in [2.24, 2.45) is 0 Å². The number of ether oxygens (including phenoxy) is 1. The summed E-state index contributed by atoms with van der Waals surface area (Å²) in [5.74, 6) is -0.582. The SMILES string of the molecule is COC(=O)c1ccc(C2=CC(c3cc(Cl)cc(Cl)c3)(C(F)(F)F)ON2)cc1Br. The van der Waals surface area contributed by atoms with Gasteiger partial charge in [0.25, 0.3) is 0 Å². The van der Waals surface area contributed by atoms with Crippen molar-refractivity contribution in [3.8, 4) is 0 Å². The van der Waals surface area contributed by atoms with Gasteiger partial charge >= 0.3 is 12.1 Å². The predicted molar refractivity (Wildman–Crippen MR) is 102 cm³/mol. The van der Waals surface area contributed by atoms with Crippen LogP contribution in [0.2, 0.25) is 10.0 Å². The van der Waals surface area contributed by atoms with Crippen LogP contribution in [0.3, 0.4) is 0 Å². The zero-order chi connectivity index (χ0) is 20.7. The topological polar surface area (TPSA) is 47.6 Å². The fourth-order valence-electron chi connectivity index (χ4n) is 2.71. The second-order valence-electron chi connectivity index (χ2n) is 5.84. The second-order valence-corrected chi connectivity index (χ2v) is 7.57. The molecule has 0 spiro atoms. The van der Waals surface area contributed by atoms with E-state index in [0.717, 1.165) is 18.2 Å². The predicted octanol–water partition coefficient (Wildman–Crippen LogP) is 5.88. The fourth-order valence-corrected chi connectivity index (χ4v) is 3.78. The molecule has 0 fully saturated rings. The normalized spacial score (nSPS) is 19.2. The standard InChI is InChI=1S/C18H11BrCl2F3NO3/c1-27-16(26)13-3-2-9(4-14(13)19)15-8-17(28-25-15,18(22,23)24)10-5-11(20)7-12(21)6-10/h2-8,25H,1H3. The maximum absolute atomic E-state index is 14.0. The molecule has 0 aromatic heterocycles. The first-order valence-electron chi connectivity index (χ1n) is 7.66. The summed E-state index contributed by atoms with van der Waals surface area (Å²) in [7, 11) is 1.23. The van der Waals surface area contributed by atoms with E-state index < -0.39 is 17.7 Å². The number of carbonyl (C=O) groups is 1. The number of hydrogen-bond acceptors (Lipinski definition) is 4. The van der Waals surface area contributed by atoms with Gasteiger partial charge in [0.2, 0.25) is 5.60 Å². The summed E-state index contributed by atoms with van der Waals surface area (Å²) in [5.41, 5.74) is -0.0930. The van der Waals surface area contributed by atoms with E-state index in [-0.39, 0.29) is 26.9 Å². The van der Waals surface area contributed by atoms with Crippen molar-refractivity contribution in [3.63, 3.8) is 0 Å². The highest BCUT2D eigenvalue weighted by atomic mass is 79.9. The van der Waals surface area contributed by atoms with Gasteiger partial charge in [-0.25, -0.2) is 4.79 Å². The van der Waals surface area contributed by atoms with Gasteiger partial charge in [0.1, 0.15) is 0 Å². The smallest absolute Gasteiger partial charge is 0.428 e. The third-order valence-corrected chi connectivity index (χ3v) is 5.16. The Balaban J connectivity index is 2.10. The van der Waals surface area contributed by atoms with Crippen LogP contribution in [0.5, 0.6) is 0 Å². The molecule has 0 saturated carbocycles. The minimum absolute atomic E-state index is 0.0433. The van der Waals surface area contributed by atoms with E-state index in [1.807, 2.05) is 0 Å². The number of halogens is 6. The molecule has 1 atom stereocenters. The van der Waals surface area contributed by atoms with E-state index in [0.29, 0.717) is 10.0 Å². The largest absolute Gasteiger partial charge is 0.465 e. The number of alkyl halides is 3. The van der Waals surface area contributed by atoms with Gasteiger partial charge in [0, 0.05) is 25.6 Å². The summed E-state index contributed by atoms with van der Waals surface area (Å²) in [4.78, 5) is 16.7. The average molecular weight is 497 g/mol. The molecule has 0 saturated heterocycles. The molecule has 10 heteroatoms. The molecule has 1 heterocycles. The number of esters is 1. The lowest BCUT2D eigenvalue weighted by Crippen LogP contribution is -2.42.